The summed E-state index contributed by atoms with van der Waals surface area (Å²) in [5.41, 5.74) is 6.92. The molecule has 2 heteroatoms. The van der Waals surface area contributed by atoms with Crippen LogP contribution in [-0.4, -0.2) is 13.1 Å². The second-order valence-electron chi connectivity index (χ2n) is 6.50. The van der Waals surface area contributed by atoms with E-state index in [4.69, 9.17) is 5.73 Å². The molecule has 0 unspecified atom stereocenters. The molecule has 0 spiro atoms. The van der Waals surface area contributed by atoms with Gasteiger partial charge in [0.05, 0.1) is 6.54 Å². The second kappa shape index (κ2) is 21.9. The van der Waals surface area contributed by atoms with E-state index in [1.54, 1.807) is 0 Å². The van der Waals surface area contributed by atoms with Crippen molar-refractivity contribution in [1.29, 1.82) is 0 Å². The topological polar surface area (TPSA) is 35.8 Å². The average Bonchev–Trinajstić information content (AvgIpc) is 2.60. The Hall–Kier alpha value is -1.12. The summed E-state index contributed by atoms with van der Waals surface area (Å²) < 4.78 is 0. The Kier molecular flexibility index (Phi) is 20.9. The van der Waals surface area contributed by atoms with E-state index in [9.17, 15) is 0 Å². The molecular weight excluding hydrogens is 292 g/mol. The number of nitrogens with one attached hydrogen (secondary N) is 2. The van der Waals surface area contributed by atoms with E-state index < -0.39 is 0 Å². The zero-order valence-corrected chi connectivity index (χ0v) is 16.0. The highest BCUT2D eigenvalue weighted by Gasteiger charge is 1.91. The molecule has 0 bridgehead atoms. The molecule has 0 saturated carbocycles. The average molecular weight is 332 g/mol. The molecule has 2 nitrogen and oxygen atoms in total. The summed E-state index contributed by atoms with van der Waals surface area (Å²) >= 11 is 0. The molecule has 137 valence electrons. The minimum absolute atomic E-state index is 0.245. The molecule has 0 aliphatic rings. The fourth-order valence-electron chi connectivity index (χ4n) is 2.64. The zero-order valence-electron chi connectivity index (χ0n) is 16.0. The van der Waals surface area contributed by atoms with Gasteiger partial charge in [0, 0.05) is 25.4 Å². The Morgan fingerprint density at radius 1 is 0.625 bits per heavy atom. The van der Waals surface area contributed by atoms with Gasteiger partial charge in [-0.05, 0) is 19.3 Å². The van der Waals surface area contributed by atoms with E-state index in [0.29, 0.717) is 0 Å². The number of rotatable bonds is 15. The van der Waals surface area contributed by atoms with Crippen molar-refractivity contribution in [3.05, 3.63) is 0 Å². The number of unbranched alkanes of at least 4 members (excludes halogenated alkanes) is 13. The van der Waals surface area contributed by atoms with Crippen LogP contribution in [0, 0.1) is 23.8 Å². The van der Waals surface area contributed by atoms with Gasteiger partial charge < -0.3 is 5.32 Å². The van der Waals surface area contributed by atoms with Crippen LogP contribution in [0.4, 0.5) is 0 Å². The molecule has 0 rings (SSSR count). The molecule has 0 aromatic heterocycles. The molecule has 0 aromatic carbocycles. The van der Waals surface area contributed by atoms with E-state index in [2.05, 4.69) is 36.0 Å². The van der Waals surface area contributed by atoms with Crippen molar-refractivity contribution in [2.24, 2.45) is 0 Å². The van der Waals surface area contributed by atoms with Gasteiger partial charge in [-0.25, -0.2) is 5.73 Å². The van der Waals surface area contributed by atoms with E-state index in [1.165, 1.54) is 83.5 Å². The highest BCUT2D eigenvalue weighted by molar-refractivity contribution is 4.99. The maximum Gasteiger partial charge on any atom is 0.0712 e. The van der Waals surface area contributed by atoms with E-state index in [0.717, 1.165) is 19.4 Å². The Morgan fingerprint density at radius 3 is 1.79 bits per heavy atom. The third-order valence-electron chi connectivity index (χ3n) is 4.15. The predicted molar refractivity (Wildman–Crippen MR) is 106 cm³/mol. The third-order valence-corrected chi connectivity index (χ3v) is 4.15. The lowest BCUT2D eigenvalue weighted by Gasteiger charge is -2.00. The van der Waals surface area contributed by atoms with Gasteiger partial charge in [0.1, 0.15) is 0 Å². The monoisotopic (exact) mass is 331 g/mol. The lowest BCUT2D eigenvalue weighted by molar-refractivity contribution is 0.591. The third kappa shape index (κ3) is 20.9. The summed E-state index contributed by atoms with van der Waals surface area (Å²) in [7, 11) is 0. The van der Waals surface area contributed by atoms with Gasteiger partial charge in [-0.15, -0.1) is 5.92 Å². The number of hydrogen-bond acceptors (Lipinski definition) is 1. The molecule has 0 atom stereocenters. The molecule has 0 saturated heterocycles. The normalized spacial score (nSPS) is 9.75. The molecule has 2 N–H and O–H groups in total. The van der Waals surface area contributed by atoms with Crippen molar-refractivity contribution < 1.29 is 0 Å². The summed E-state index contributed by atoms with van der Waals surface area (Å²) in [5.74, 6) is 9.06. The highest BCUT2D eigenvalue weighted by atomic mass is 14.8. The maximum atomic E-state index is 6.92. The standard InChI is InChI=1S/C22H39N2/c1-2-3-4-5-6-9-12-15-18-21-24-22-19-16-13-10-7-8-11-14-17-20-23/h23-24H,2-13,15-16,19-20,22H2,1H3. The van der Waals surface area contributed by atoms with Gasteiger partial charge in [0.2, 0.25) is 0 Å². The zero-order chi connectivity index (χ0) is 17.6. The highest BCUT2D eigenvalue weighted by Crippen LogP contribution is 2.08. The molecule has 0 aromatic rings. The van der Waals surface area contributed by atoms with Crippen molar-refractivity contribution in [2.75, 3.05) is 13.1 Å². The molecule has 0 amide bonds. The molecule has 1 radical (unpaired) electrons. The first-order valence-electron chi connectivity index (χ1n) is 10.2. The minimum atomic E-state index is 0.245. The van der Waals surface area contributed by atoms with Crippen molar-refractivity contribution in [3.63, 3.8) is 0 Å². The Morgan fingerprint density at radius 2 is 1.17 bits per heavy atom. The van der Waals surface area contributed by atoms with E-state index in [1.807, 2.05) is 0 Å². The second-order valence-corrected chi connectivity index (χ2v) is 6.50. The molecule has 0 aliphatic carbocycles. The van der Waals surface area contributed by atoms with Gasteiger partial charge in [-0.2, -0.15) is 0 Å². The minimum Gasteiger partial charge on any atom is -0.346 e. The molecule has 24 heavy (non-hydrogen) atoms. The van der Waals surface area contributed by atoms with Crippen LogP contribution in [0.5, 0.6) is 0 Å². The summed E-state index contributed by atoms with van der Waals surface area (Å²) in [6.07, 6.45) is 19.1. The van der Waals surface area contributed by atoms with Crippen molar-refractivity contribution >= 4 is 0 Å². The summed E-state index contributed by atoms with van der Waals surface area (Å²) in [6, 6.07) is 3.10. The summed E-state index contributed by atoms with van der Waals surface area (Å²) in [6.45, 7) is 3.54. The molecule has 0 aliphatic heterocycles. The van der Waals surface area contributed by atoms with Gasteiger partial charge in [0.15, 0.2) is 0 Å². The molecule has 0 fully saturated rings. The smallest absolute Gasteiger partial charge is 0.0712 e. The Labute approximate surface area is 151 Å². The van der Waals surface area contributed by atoms with Crippen molar-refractivity contribution in [3.8, 4) is 23.8 Å². The first-order valence-corrected chi connectivity index (χ1v) is 10.2. The van der Waals surface area contributed by atoms with Crippen molar-refractivity contribution in [2.45, 2.75) is 103 Å². The fourth-order valence-corrected chi connectivity index (χ4v) is 2.64. The van der Waals surface area contributed by atoms with E-state index >= 15 is 0 Å². The molecule has 0 heterocycles. The van der Waals surface area contributed by atoms with Crippen LogP contribution in [0.15, 0.2) is 0 Å². The Balaban J connectivity index is 3.12. The van der Waals surface area contributed by atoms with Gasteiger partial charge in [-0.1, -0.05) is 83.0 Å². The first-order chi connectivity index (χ1) is 11.9. The first kappa shape index (κ1) is 22.9. The van der Waals surface area contributed by atoms with Gasteiger partial charge in [-0.3, -0.25) is 0 Å². The van der Waals surface area contributed by atoms with Gasteiger partial charge in [0.25, 0.3) is 0 Å². The van der Waals surface area contributed by atoms with Crippen LogP contribution >= 0.6 is 0 Å². The SMILES string of the molecule is CCCCCCCCCC#CNCCCCCCCCC#CC[NH]. The lowest BCUT2D eigenvalue weighted by atomic mass is 10.1. The van der Waals surface area contributed by atoms with Crippen LogP contribution in [0.1, 0.15) is 103 Å². The Bertz CT molecular complexity index is 354. The summed E-state index contributed by atoms with van der Waals surface area (Å²) in [5, 5.41) is 3.23. The summed E-state index contributed by atoms with van der Waals surface area (Å²) in [4.78, 5) is 0. The van der Waals surface area contributed by atoms with Crippen LogP contribution in [0.3, 0.4) is 0 Å². The van der Waals surface area contributed by atoms with E-state index in [-0.39, 0.29) is 6.54 Å². The van der Waals surface area contributed by atoms with Gasteiger partial charge >= 0.3 is 0 Å². The largest absolute Gasteiger partial charge is 0.346 e. The number of hydrogen-bond donors (Lipinski definition) is 1. The quantitative estimate of drug-likeness (QED) is 0.233. The van der Waals surface area contributed by atoms with Crippen LogP contribution < -0.4 is 11.1 Å². The maximum absolute atomic E-state index is 6.92. The van der Waals surface area contributed by atoms with Crippen LogP contribution in [0.25, 0.3) is 0 Å². The lowest BCUT2D eigenvalue weighted by Crippen LogP contribution is -2.07. The van der Waals surface area contributed by atoms with Crippen LogP contribution in [0.2, 0.25) is 0 Å². The predicted octanol–water partition coefficient (Wildman–Crippen LogP) is 5.69. The fraction of sp³-hybridized carbons (Fsp3) is 0.818. The van der Waals surface area contributed by atoms with Crippen LogP contribution in [-0.2, 0) is 0 Å². The molecular formula is C22H39N2. The van der Waals surface area contributed by atoms with Crippen molar-refractivity contribution in [1.82, 2.24) is 11.1 Å².